The first kappa shape index (κ1) is 24.0. The molecule has 3 N–H and O–H groups in total. The highest BCUT2D eigenvalue weighted by Gasteiger charge is 2.26. The number of ether oxygens (including phenoxy) is 1. The van der Waals surface area contributed by atoms with E-state index in [1.807, 2.05) is 0 Å². The van der Waals surface area contributed by atoms with Crippen molar-refractivity contribution in [3.8, 4) is 6.01 Å². The summed E-state index contributed by atoms with van der Waals surface area (Å²) >= 11 is 0. The van der Waals surface area contributed by atoms with Crippen LogP contribution in [-0.4, -0.2) is 60.6 Å². The number of unbranched alkanes of at least 4 members (excludes halogenated alkanes) is 2. The predicted octanol–water partition coefficient (Wildman–Crippen LogP) is 3.62. The number of likely N-dealkylation sites (N-methyl/N-ethyl adjacent to an activating group) is 1. The number of anilines is 3. The van der Waals surface area contributed by atoms with Gasteiger partial charge in [-0.1, -0.05) is 44.9 Å². The molecule has 1 aliphatic carbocycles. The molecule has 3 rings (SSSR count). The Kier molecular flexibility index (Phi) is 8.90. The van der Waals surface area contributed by atoms with Gasteiger partial charge in [-0.05, 0) is 44.3 Å². The molecule has 0 spiro atoms. The van der Waals surface area contributed by atoms with Gasteiger partial charge in [0.15, 0.2) is 11.6 Å². The van der Waals surface area contributed by atoms with Crippen LogP contribution in [0.4, 0.5) is 17.3 Å². The summed E-state index contributed by atoms with van der Waals surface area (Å²) in [5.74, 6) is 1.18. The number of allylic oxidation sites excluding steroid dienone is 1. The first-order valence-corrected chi connectivity index (χ1v) is 11.9. The van der Waals surface area contributed by atoms with Crippen molar-refractivity contribution in [3.05, 3.63) is 23.8 Å². The summed E-state index contributed by atoms with van der Waals surface area (Å²) in [5.41, 5.74) is 8.03. The summed E-state index contributed by atoms with van der Waals surface area (Å²) in [7, 11) is 2.18. The van der Waals surface area contributed by atoms with E-state index in [4.69, 9.17) is 10.5 Å². The highest BCUT2D eigenvalue weighted by Crippen LogP contribution is 2.34. The molecule has 1 aromatic rings. The van der Waals surface area contributed by atoms with E-state index in [1.165, 1.54) is 18.4 Å². The van der Waals surface area contributed by atoms with Gasteiger partial charge >= 0.3 is 6.01 Å². The predicted molar refractivity (Wildman–Crippen MR) is 130 cm³/mol. The molecular formula is C24H38N6O2. The minimum absolute atomic E-state index is 0.0693. The lowest BCUT2D eigenvalue weighted by molar-refractivity contribution is -0.115. The third kappa shape index (κ3) is 6.69. The van der Waals surface area contributed by atoms with Crippen molar-refractivity contribution in [2.75, 3.05) is 55.8 Å². The molecule has 1 unspecified atom stereocenters. The second-order valence-corrected chi connectivity index (χ2v) is 8.76. The maximum absolute atomic E-state index is 12.2. The molecule has 0 fully saturated rings. The SMILES string of the molecule is CCCCOc1nc(N)c2c(n1)N(CC1C=CC(CN(C)CCCC)=CC1)CCC(=O)N2. The molecule has 1 atom stereocenters. The molecule has 1 aromatic heterocycles. The number of aromatic nitrogens is 2. The third-order valence-electron chi connectivity index (χ3n) is 5.87. The number of fused-ring (bicyclic) bond motifs is 1. The van der Waals surface area contributed by atoms with Crippen molar-refractivity contribution in [3.63, 3.8) is 0 Å². The Balaban J connectivity index is 1.68. The van der Waals surface area contributed by atoms with Crippen LogP contribution >= 0.6 is 0 Å². The van der Waals surface area contributed by atoms with Crippen LogP contribution in [-0.2, 0) is 4.79 Å². The number of rotatable bonds is 11. The second kappa shape index (κ2) is 11.9. The van der Waals surface area contributed by atoms with Gasteiger partial charge in [0.25, 0.3) is 0 Å². The van der Waals surface area contributed by atoms with Gasteiger partial charge in [0.1, 0.15) is 5.69 Å². The molecule has 2 heterocycles. The van der Waals surface area contributed by atoms with Crippen LogP contribution in [0, 0.1) is 5.92 Å². The first-order chi connectivity index (χ1) is 15.5. The molecule has 0 bridgehead atoms. The molecule has 8 nitrogen and oxygen atoms in total. The summed E-state index contributed by atoms with van der Waals surface area (Å²) in [6, 6.07) is 0.271. The van der Waals surface area contributed by atoms with Gasteiger partial charge in [-0.25, -0.2) is 0 Å². The number of hydrogen-bond donors (Lipinski definition) is 2. The van der Waals surface area contributed by atoms with E-state index in [0.717, 1.165) is 38.9 Å². The van der Waals surface area contributed by atoms with Gasteiger partial charge < -0.3 is 25.6 Å². The fourth-order valence-corrected chi connectivity index (χ4v) is 3.95. The minimum Gasteiger partial charge on any atom is -0.463 e. The Hall–Kier alpha value is -2.61. The third-order valence-corrected chi connectivity index (χ3v) is 5.87. The number of carbonyl (C=O) groups is 1. The van der Waals surface area contributed by atoms with Crippen molar-refractivity contribution < 1.29 is 9.53 Å². The average molecular weight is 443 g/mol. The number of hydrogen-bond acceptors (Lipinski definition) is 7. The average Bonchev–Trinajstić information content (AvgIpc) is 2.93. The summed E-state index contributed by atoms with van der Waals surface area (Å²) in [5, 5.41) is 2.88. The van der Waals surface area contributed by atoms with Gasteiger partial charge in [-0.2, -0.15) is 9.97 Å². The molecule has 176 valence electrons. The highest BCUT2D eigenvalue weighted by atomic mass is 16.5. The van der Waals surface area contributed by atoms with Gasteiger partial charge in [-0.3, -0.25) is 4.79 Å². The first-order valence-electron chi connectivity index (χ1n) is 11.9. The van der Waals surface area contributed by atoms with E-state index in [1.54, 1.807) is 0 Å². The molecule has 0 radical (unpaired) electrons. The maximum atomic E-state index is 12.2. The molecule has 2 aliphatic rings. The quantitative estimate of drug-likeness (QED) is 0.505. The number of carbonyl (C=O) groups excluding carboxylic acids is 1. The molecule has 0 saturated carbocycles. The van der Waals surface area contributed by atoms with Crippen molar-refractivity contribution in [2.45, 2.75) is 52.4 Å². The minimum atomic E-state index is -0.0693. The molecule has 32 heavy (non-hydrogen) atoms. The van der Waals surface area contributed by atoms with Crippen molar-refractivity contribution in [2.24, 2.45) is 5.92 Å². The number of nitrogens with two attached hydrogens (primary N) is 1. The Morgan fingerprint density at radius 1 is 1.28 bits per heavy atom. The van der Waals surface area contributed by atoms with Crippen molar-refractivity contribution in [1.29, 1.82) is 0 Å². The summed E-state index contributed by atoms with van der Waals surface area (Å²) in [6.45, 7) is 8.33. The fourth-order valence-electron chi connectivity index (χ4n) is 3.95. The van der Waals surface area contributed by atoms with Gasteiger partial charge in [0.05, 0.1) is 6.61 Å². The molecule has 1 aliphatic heterocycles. The Labute approximate surface area is 191 Å². The van der Waals surface area contributed by atoms with E-state index in [2.05, 4.69) is 64.2 Å². The van der Waals surface area contributed by atoms with Crippen LogP contribution in [0.2, 0.25) is 0 Å². The smallest absolute Gasteiger partial charge is 0.320 e. The zero-order valence-corrected chi connectivity index (χ0v) is 19.8. The summed E-state index contributed by atoms with van der Waals surface area (Å²) in [4.78, 5) is 25.6. The Morgan fingerprint density at radius 3 is 2.81 bits per heavy atom. The van der Waals surface area contributed by atoms with Crippen LogP contribution in [0.15, 0.2) is 23.8 Å². The topological polar surface area (TPSA) is 96.6 Å². The van der Waals surface area contributed by atoms with E-state index in [9.17, 15) is 4.79 Å². The van der Waals surface area contributed by atoms with E-state index >= 15 is 0 Å². The standard InChI is InChI=1S/C24H38N6O2/c1-4-6-13-29(3)16-18-8-10-19(11-9-18)17-30-14-12-20(31)26-21-22(25)27-24(28-23(21)30)32-15-7-5-2/h8-10,19H,4-7,11-17H2,1-3H3,(H,26,31)(H2,25,27,28). The van der Waals surface area contributed by atoms with Gasteiger partial charge in [-0.15, -0.1) is 0 Å². The van der Waals surface area contributed by atoms with Crippen LogP contribution < -0.4 is 20.7 Å². The van der Waals surface area contributed by atoms with Gasteiger partial charge in [0.2, 0.25) is 5.91 Å². The number of nitrogen functional groups attached to an aromatic ring is 1. The lowest BCUT2D eigenvalue weighted by Gasteiger charge is -2.28. The monoisotopic (exact) mass is 442 g/mol. The van der Waals surface area contributed by atoms with Gasteiger partial charge in [0, 0.05) is 26.1 Å². The van der Waals surface area contributed by atoms with Crippen molar-refractivity contribution >= 4 is 23.2 Å². The highest BCUT2D eigenvalue weighted by molar-refractivity contribution is 5.98. The Bertz CT molecular complexity index is 838. The molecule has 8 heteroatoms. The lowest BCUT2D eigenvalue weighted by Crippen LogP contribution is -2.31. The van der Waals surface area contributed by atoms with Crippen molar-refractivity contribution in [1.82, 2.24) is 14.9 Å². The number of nitrogens with zero attached hydrogens (tertiary/aromatic N) is 4. The van der Waals surface area contributed by atoms with E-state index < -0.39 is 0 Å². The van der Waals surface area contributed by atoms with Crippen LogP contribution in [0.5, 0.6) is 6.01 Å². The molecule has 0 saturated heterocycles. The molecule has 0 aromatic carbocycles. The maximum Gasteiger partial charge on any atom is 0.320 e. The second-order valence-electron chi connectivity index (χ2n) is 8.76. The lowest BCUT2D eigenvalue weighted by atomic mass is 9.95. The van der Waals surface area contributed by atoms with Crippen LogP contribution in [0.25, 0.3) is 0 Å². The normalized spacial score (nSPS) is 18.2. The number of amides is 1. The van der Waals surface area contributed by atoms with Crippen LogP contribution in [0.1, 0.15) is 52.4 Å². The largest absolute Gasteiger partial charge is 0.463 e. The van der Waals surface area contributed by atoms with E-state index in [0.29, 0.717) is 37.0 Å². The Morgan fingerprint density at radius 2 is 2.09 bits per heavy atom. The summed E-state index contributed by atoms with van der Waals surface area (Å²) < 4.78 is 5.71. The zero-order chi connectivity index (χ0) is 22.9. The molecular weight excluding hydrogens is 404 g/mol. The summed E-state index contributed by atoms with van der Waals surface area (Å²) in [6.07, 6.45) is 12.6. The zero-order valence-electron chi connectivity index (χ0n) is 19.8. The van der Waals surface area contributed by atoms with E-state index in [-0.39, 0.29) is 17.7 Å². The number of nitrogens with one attached hydrogen (secondary N) is 1. The molecule has 1 amide bonds. The van der Waals surface area contributed by atoms with Crippen LogP contribution in [0.3, 0.4) is 0 Å². The fraction of sp³-hybridized carbons (Fsp3) is 0.625.